The Labute approximate surface area is 140 Å². The van der Waals surface area contributed by atoms with Crippen molar-refractivity contribution in [3.05, 3.63) is 59.1 Å². The van der Waals surface area contributed by atoms with Crippen LogP contribution in [0.25, 0.3) is 20.8 Å². The van der Waals surface area contributed by atoms with Crippen molar-refractivity contribution in [2.75, 3.05) is 0 Å². The number of carbonyl (C=O) groups is 1. The van der Waals surface area contributed by atoms with Crippen LogP contribution >= 0.6 is 27.3 Å². The lowest BCUT2D eigenvalue weighted by Gasteiger charge is -2.07. The van der Waals surface area contributed by atoms with Crippen LogP contribution in [0.1, 0.15) is 6.92 Å². The van der Waals surface area contributed by atoms with Gasteiger partial charge in [0.1, 0.15) is 10.8 Å². The second-order valence-electron chi connectivity index (χ2n) is 4.80. The van der Waals surface area contributed by atoms with Crippen LogP contribution in [0.2, 0.25) is 0 Å². The first kappa shape index (κ1) is 14.9. The number of carbonyl (C=O) groups excluding carboxylic acids is 1. The second-order valence-corrected chi connectivity index (χ2v) is 6.69. The molecule has 2 aromatic carbocycles. The number of hydrogen-bond donors (Lipinski definition) is 0. The Morgan fingerprint density at radius 2 is 2.05 bits per heavy atom. The lowest BCUT2D eigenvalue weighted by Crippen LogP contribution is -2.08. The molecule has 22 heavy (non-hydrogen) atoms. The van der Waals surface area contributed by atoms with Crippen LogP contribution in [-0.2, 0) is 4.79 Å². The van der Waals surface area contributed by atoms with E-state index in [1.165, 1.54) is 0 Å². The van der Waals surface area contributed by atoms with Gasteiger partial charge in [0, 0.05) is 11.1 Å². The van der Waals surface area contributed by atoms with Gasteiger partial charge in [0.15, 0.2) is 0 Å². The van der Waals surface area contributed by atoms with Gasteiger partial charge in [-0.05, 0) is 53.2 Å². The highest BCUT2D eigenvalue weighted by atomic mass is 79.9. The minimum atomic E-state index is -0.437. The first-order chi connectivity index (χ1) is 10.5. The van der Waals surface area contributed by atoms with Crippen LogP contribution in [0.15, 0.2) is 59.1 Å². The number of thiazole rings is 1. The molecule has 0 saturated carbocycles. The monoisotopic (exact) mass is 373 g/mol. The molecule has 0 saturated heterocycles. The number of hydrogen-bond acceptors (Lipinski definition) is 4. The molecule has 0 fully saturated rings. The minimum absolute atomic E-state index is 0.363. The number of fused-ring (bicyclic) bond motifs is 1. The molecular weight excluding hydrogens is 362 g/mol. The van der Waals surface area contributed by atoms with Gasteiger partial charge in [0.25, 0.3) is 0 Å². The molecular formula is C17H12BrNO2S. The maximum atomic E-state index is 11.6. The Hall–Kier alpha value is -1.98. The van der Waals surface area contributed by atoms with E-state index in [-0.39, 0.29) is 0 Å². The van der Waals surface area contributed by atoms with Crippen LogP contribution in [0.4, 0.5) is 0 Å². The molecule has 0 spiro atoms. The van der Waals surface area contributed by atoms with Crippen molar-refractivity contribution in [2.45, 2.75) is 6.92 Å². The minimum Gasteiger partial charge on any atom is -0.422 e. The predicted molar refractivity (Wildman–Crippen MR) is 93.2 cm³/mol. The number of para-hydroxylation sites is 1. The number of ether oxygens (including phenoxy) is 1. The normalized spacial score (nSPS) is 10.6. The SMILES string of the molecule is C=C(C)C(=O)Oc1ccc(-c2nc3ccccc3s2)cc1Br. The lowest BCUT2D eigenvalue weighted by molar-refractivity contribution is -0.130. The highest BCUT2D eigenvalue weighted by Gasteiger charge is 2.12. The first-order valence-electron chi connectivity index (χ1n) is 6.58. The summed E-state index contributed by atoms with van der Waals surface area (Å²) in [6.07, 6.45) is 0. The Morgan fingerprint density at radius 3 is 2.73 bits per heavy atom. The molecule has 0 bridgehead atoms. The summed E-state index contributed by atoms with van der Waals surface area (Å²) >= 11 is 5.07. The summed E-state index contributed by atoms with van der Waals surface area (Å²) < 4.78 is 7.11. The molecule has 0 N–H and O–H groups in total. The van der Waals surface area contributed by atoms with Gasteiger partial charge in [-0.2, -0.15) is 0 Å². The van der Waals surface area contributed by atoms with Gasteiger partial charge >= 0.3 is 5.97 Å². The average molecular weight is 374 g/mol. The number of benzene rings is 2. The summed E-state index contributed by atoms with van der Waals surface area (Å²) in [5, 5.41) is 0.930. The zero-order chi connectivity index (χ0) is 15.7. The van der Waals surface area contributed by atoms with Crippen LogP contribution < -0.4 is 4.74 Å². The van der Waals surface area contributed by atoms with Crippen LogP contribution in [0.3, 0.4) is 0 Å². The van der Waals surface area contributed by atoms with Crippen LogP contribution in [0, 0.1) is 0 Å². The van der Waals surface area contributed by atoms with Gasteiger partial charge < -0.3 is 4.74 Å². The average Bonchev–Trinajstić information content (AvgIpc) is 2.93. The van der Waals surface area contributed by atoms with Gasteiger partial charge in [-0.25, -0.2) is 9.78 Å². The quantitative estimate of drug-likeness (QED) is 0.359. The smallest absolute Gasteiger partial charge is 0.338 e. The van der Waals surface area contributed by atoms with Crippen molar-refractivity contribution in [1.82, 2.24) is 4.98 Å². The molecule has 0 aliphatic heterocycles. The molecule has 0 radical (unpaired) electrons. The van der Waals surface area contributed by atoms with E-state index in [4.69, 9.17) is 4.74 Å². The second kappa shape index (κ2) is 6.02. The van der Waals surface area contributed by atoms with Crippen molar-refractivity contribution < 1.29 is 9.53 Å². The third-order valence-corrected chi connectivity index (χ3v) is 4.73. The Kier molecular flexibility index (Phi) is 4.09. The van der Waals surface area contributed by atoms with Crippen molar-refractivity contribution >= 4 is 43.5 Å². The lowest BCUT2D eigenvalue weighted by atomic mass is 10.2. The fraction of sp³-hybridized carbons (Fsp3) is 0.0588. The third kappa shape index (κ3) is 2.96. The van der Waals surface area contributed by atoms with Crippen LogP contribution in [0.5, 0.6) is 5.75 Å². The molecule has 0 amide bonds. The Bertz CT molecular complexity index is 852. The largest absolute Gasteiger partial charge is 0.422 e. The number of nitrogens with zero attached hydrogens (tertiary/aromatic N) is 1. The molecule has 0 unspecified atom stereocenters. The molecule has 3 aromatic rings. The van der Waals surface area contributed by atoms with Crippen molar-refractivity contribution in [2.24, 2.45) is 0 Å². The Morgan fingerprint density at radius 1 is 1.27 bits per heavy atom. The molecule has 0 atom stereocenters. The van der Waals surface area contributed by atoms with E-state index in [1.807, 2.05) is 30.3 Å². The molecule has 1 aromatic heterocycles. The highest BCUT2D eigenvalue weighted by molar-refractivity contribution is 9.10. The predicted octanol–water partition coefficient (Wildman–Crippen LogP) is 5.21. The molecule has 5 heteroatoms. The summed E-state index contributed by atoms with van der Waals surface area (Å²) in [6, 6.07) is 13.6. The highest BCUT2D eigenvalue weighted by Crippen LogP contribution is 2.34. The number of esters is 1. The maximum Gasteiger partial charge on any atom is 0.338 e. The first-order valence-corrected chi connectivity index (χ1v) is 8.19. The van der Waals surface area contributed by atoms with E-state index < -0.39 is 5.97 Å². The van der Waals surface area contributed by atoms with Gasteiger partial charge in [-0.1, -0.05) is 18.7 Å². The fourth-order valence-electron chi connectivity index (χ4n) is 1.90. The van der Waals surface area contributed by atoms with Gasteiger partial charge in [0.2, 0.25) is 0 Å². The van der Waals surface area contributed by atoms with E-state index in [0.29, 0.717) is 15.8 Å². The summed E-state index contributed by atoms with van der Waals surface area (Å²) in [5.41, 5.74) is 2.32. The van der Waals surface area contributed by atoms with Gasteiger partial charge in [0.05, 0.1) is 14.7 Å². The third-order valence-electron chi connectivity index (χ3n) is 3.02. The number of rotatable bonds is 3. The molecule has 1 heterocycles. The zero-order valence-corrected chi connectivity index (χ0v) is 14.2. The molecule has 0 aliphatic rings. The number of aromatic nitrogens is 1. The Balaban J connectivity index is 1.94. The topological polar surface area (TPSA) is 39.2 Å². The van der Waals surface area contributed by atoms with Gasteiger partial charge in [-0.15, -0.1) is 11.3 Å². The maximum absolute atomic E-state index is 11.6. The molecule has 110 valence electrons. The summed E-state index contributed by atoms with van der Waals surface area (Å²) in [4.78, 5) is 16.2. The van der Waals surface area contributed by atoms with Crippen LogP contribution in [-0.4, -0.2) is 11.0 Å². The number of halogens is 1. The van der Waals surface area contributed by atoms with Crippen molar-refractivity contribution in [3.63, 3.8) is 0 Å². The zero-order valence-electron chi connectivity index (χ0n) is 11.8. The summed E-state index contributed by atoms with van der Waals surface area (Å²) in [6.45, 7) is 5.19. The standard InChI is InChI=1S/C17H12BrNO2S/c1-10(2)17(20)21-14-8-7-11(9-12(14)18)16-19-13-5-3-4-6-15(13)22-16/h3-9H,1H2,2H3. The molecule has 3 nitrogen and oxygen atoms in total. The van der Waals surface area contributed by atoms with Crippen molar-refractivity contribution in [1.29, 1.82) is 0 Å². The fourth-order valence-corrected chi connectivity index (χ4v) is 3.32. The summed E-state index contributed by atoms with van der Waals surface area (Å²) in [5.74, 6) is 0.0336. The van der Waals surface area contributed by atoms with Crippen molar-refractivity contribution in [3.8, 4) is 16.3 Å². The van der Waals surface area contributed by atoms with E-state index in [0.717, 1.165) is 20.8 Å². The van der Waals surface area contributed by atoms with E-state index in [1.54, 1.807) is 24.3 Å². The van der Waals surface area contributed by atoms with E-state index in [2.05, 4.69) is 33.6 Å². The molecule has 3 rings (SSSR count). The summed E-state index contributed by atoms with van der Waals surface area (Å²) in [7, 11) is 0. The van der Waals surface area contributed by atoms with E-state index >= 15 is 0 Å². The van der Waals surface area contributed by atoms with E-state index in [9.17, 15) is 4.79 Å². The van der Waals surface area contributed by atoms with Gasteiger partial charge in [-0.3, -0.25) is 0 Å². The molecule has 0 aliphatic carbocycles.